The molecule has 1 atom stereocenters. The van der Waals surface area contributed by atoms with Crippen LogP contribution >= 0.6 is 0 Å². The summed E-state index contributed by atoms with van der Waals surface area (Å²) in [6.07, 6.45) is 2.71. The number of aryl methyl sites for hydroxylation is 1. The number of nitrogens with one attached hydrogen (secondary N) is 1. The molecule has 2 aromatic heterocycles. The molecule has 0 aliphatic carbocycles. The minimum absolute atomic E-state index is 0.153. The van der Waals surface area contributed by atoms with Crippen molar-refractivity contribution in [2.45, 2.75) is 32.2 Å². The number of hydrogen-bond donors (Lipinski definition) is 3. The molecule has 32 heavy (non-hydrogen) atoms. The van der Waals surface area contributed by atoms with Gasteiger partial charge < -0.3 is 29.4 Å². The van der Waals surface area contributed by atoms with Crippen molar-refractivity contribution in [2.75, 3.05) is 45.3 Å². The SMILES string of the molecule is COc1cc(-c2c(C)cc3c(c2O)CCO3)nc2nc(N[C@@H]3CCCN(CCO)C3)oc12. The van der Waals surface area contributed by atoms with E-state index in [1.54, 1.807) is 13.2 Å². The quantitative estimate of drug-likeness (QED) is 0.532. The average molecular weight is 441 g/mol. The van der Waals surface area contributed by atoms with Crippen LogP contribution in [0.5, 0.6) is 17.2 Å². The summed E-state index contributed by atoms with van der Waals surface area (Å²) in [7, 11) is 1.57. The summed E-state index contributed by atoms with van der Waals surface area (Å²) in [6, 6.07) is 4.27. The predicted molar refractivity (Wildman–Crippen MR) is 120 cm³/mol. The Bertz CT molecular complexity index is 1140. The summed E-state index contributed by atoms with van der Waals surface area (Å²) in [5, 5.41) is 23.5. The molecule has 170 valence electrons. The first-order valence-corrected chi connectivity index (χ1v) is 11.0. The Morgan fingerprint density at radius 1 is 1.31 bits per heavy atom. The average Bonchev–Trinajstić information content (AvgIpc) is 3.40. The molecule has 0 unspecified atom stereocenters. The van der Waals surface area contributed by atoms with Crippen LogP contribution in [0.25, 0.3) is 22.5 Å². The maximum absolute atomic E-state index is 10.9. The van der Waals surface area contributed by atoms with E-state index in [2.05, 4.69) is 15.2 Å². The molecule has 0 spiro atoms. The highest BCUT2D eigenvalue weighted by molar-refractivity contribution is 5.84. The maximum Gasteiger partial charge on any atom is 0.297 e. The van der Waals surface area contributed by atoms with E-state index < -0.39 is 0 Å². The van der Waals surface area contributed by atoms with E-state index in [0.29, 0.717) is 53.8 Å². The molecule has 1 saturated heterocycles. The highest BCUT2D eigenvalue weighted by Crippen LogP contribution is 2.44. The van der Waals surface area contributed by atoms with Gasteiger partial charge in [0.05, 0.1) is 26.0 Å². The van der Waals surface area contributed by atoms with Crippen LogP contribution in [0, 0.1) is 6.92 Å². The predicted octanol–water partition coefficient (Wildman–Crippen LogP) is 2.72. The van der Waals surface area contributed by atoms with Crippen molar-refractivity contribution >= 4 is 17.2 Å². The normalized spacial score (nSPS) is 18.5. The molecule has 3 aromatic rings. The number of benzene rings is 1. The molecule has 0 bridgehead atoms. The molecule has 4 heterocycles. The molecule has 1 fully saturated rings. The second kappa shape index (κ2) is 8.48. The van der Waals surface area contributed by atoms with E-state index in [4.69, 9.17) is 18.9 Å². The molecular formula is C23H28N4O5. The first-order valence-electron chi connectivity index (χ1n) is 11.0. The van der Waals surface area contributed by atoms with Gasteiger partial charge in [-0.25, -0.2) is 4.98 Å². The van der Waals surface area contributed by atoms with E-state index in [1.807, 2.05) is 13.0 Å². The lowest BCUT2D eigenvalue weighted by atomic mass is 9.98. The first kappa shape index (κ1) is 20.8. The van der Waals surface area contributed by atoms with Crippen molar-refractivity contribution in [3.8, 4) is 28.5 Å². The van der Waals surface area contributed by atoms with E-state index in [0.717, 1.165) is 42.8 Å². The van der Waals surface area contributed by atoms with Gasteiger partial charge in [0.15, 0.2) is 5.75 Å². The van der Waals surface area contributed by atoms with Gasteiger partial charge in [-0.1, -0.05) is 0 Å². The van der Waals surface area contributed by atoms with Crippen LogP contribution in [0.4, 0.5) is 6.01 Å². The number of rotatable bonds is 6. The van der Waals surface area contributed by atoms with Gasteiger partial charge in [-0.15, -0.1) is 0 Å². The van der Waals surface area contributed by atoms with Crippen LogP contribution in [0.3, 0.4) is 0 Å². The zero-order valence-corrected chi connectivity index (χ0v) is 18.3. The second-order valence-corrected chi connectivity index (χ2v) is 8.38. The van der Waals surface area contributed by atoms with Gasteiger partial charge in [-0.3, -0.25) is 4.90 Å². The summed E-state index contributed by atoms with van der Waals surface area (Å²) in [4.78, 5) is 11.5. The monoisotopic (exact) mass is 440 g/mol. The Balaban J connectivity index is 1.49. The molecule has 1 aromatic carbocycles. The van der Waals surface area contributed by atoms with E-state index in [-0.39, 0.29) is 18.4 Å². The number of fused-ring (bicyclic) bond motifs is 2. The lowest BCUT2D eigenvalue weighted by Gasteiger charge is -2.32. The highest BCUT2D eigenvalue weighted by atomic mass is 16.5. The fraction of sp³-hybridized carbons (Fsp3) is 0.478. The number of aliphatic hydroxyl groups is 1. The van der Waals surface area contributed by atoms with Gasteiger partial charge in [-0.05, 0) is 37.9 Å². The fourth-order valence-corrected chi connectivity index (χ4v) is 4.69. The van der Waals surface area contributed by atoms with Crippen LogP contribution < -0.4 is 14.8 Å². The number of hydrogen-bond acceptors (Lipinski definition) is 9. The number of β-amino-alcohol motifs (C(OH)–C–C–N with tert-alkyl or cyclic N) is 1. The first-order chi connectivity index (χ1) is 15.6. The Hall–Kier alpha value is -3.04. The largest absolute Gasteiger partial charge is 0.507 e. The summed E-state index contributed by atoms with van der Waals surface area (Å²) in [5.41, 5.74) is 3.78. The van der Waals surface area contributed by atoms with Crippen molar-refractivity contribution in [3.63, 3.8) is 0 Å². The van der Waals surface area contributed by atoms with E-state index >= 15 is 0 Å². The zero-order valence-electron chi connectivity index (χ0n) is 18.3. The lowest BCUT2D eigenvalue weighted by molar-refractivity contribution is 0.166. The van der Waals surface area contributed by atoms with Crippen LogP contribution in [0.2, 0.25) is 0 Å². The standard InChI is InChI=1S/C23H28N4O5/c1-13-10-17-15(5-9-31-17)20(29)19(13)16-11-18(30-2)21-22(25-16)26-23(32-21)24-14-4-3-6-27(12-14)7-8-28/h10-11,14,28-29H,3-9,12H2,1-2H3,(H,24,25,26)/t14-/m1/s1. The highest BCUT2D eigenvalue weighted by Gasteiger charge is 2.25. The number of phenolic OH excluding ortho intramolecular Hbond substituents is 1. The molecule has 0 radical (unpaired) electrons. The minimum Gasteiger partial charge on any atom is -0.507 e. The lowest BCUT2D eigenvalue weighted by Crippen LogP contribution is -2.43. The van der Waals surface area contributed by atoms with Crippen molar-refractivity contribution in [1.82, 2.24) is 14.9 Å². The number of methoxy groups -OCH3 is 1. The molecule has 0 saturated carbocycles. The molecule has 2 aliphatic heterocycles. The van der Waals surface area contributed by atoms with Crippen molar-refractivity contribution in [3.05, 3.63) is 23.3 Å². The van der Waals surface area contributed by atoms with Crippen LogP contribution in [-0.2, 0) is 6.42 Å². The summed E-state index contributed by atoms with van der Waals surface area (Å²) in [5.74, 6) is 1.43. The molecule has 5 rings (SSSR count). The Morgan fingerprint density at radius 3 is 3.00 bits per heavy atom. The van der Waals surface area contributed by atoms with Gasteiger partial charge in [0.1, 0.15) is 11.5 Å². The molecule has 2 aliphatic rings. The number of likely N-dealkylation sites (tertiary alicyclic amines) is 1. The number of nitrogens with zero attached hydrogens (tertiary/aromatic N) is 3. The topological polar surface area (TPSA) is 113 Å². The molecule has 9 heteroatoms. The van der Waals surface area contributed by atoms with Crippen LogP contribution in [-0.4, -0.2) is 71.1 Å². The number of aromatic hydroxyl groups is 1. The van der Waals surface area contributed by atoms with Gasteiger partial charge in [0, 0.05) is 42.7 Å². The third-order valence-electron chi connectivity index (χ3n) is 6.22. The van der Waals surface area contributed by atoms with Crippen LogP contribution in [0.1, 0.15) is 24.0 Å². The van der Waals surface area contributed by atoms with Gasteiger partial charge in [0.2, 0.25) is 11.2 Å². The number of oxazole rings is 1. The Kier molecular flexibility index (Phi) is 5.52. The minimum atomic E-state index is 0.153. The van der Waals surface area contributed by atoms with Crippen molar-refractivity contribution < 1.29 is 24.1 Å². The van der Waals surface area contributed by atoms with Crippen molar-refractivity contribution in [1.29, 1.82) is 0 Å². The number of anilines is 1. The maximum atomic E-state index is 10.9. The van der Waals surface area contributed by atoms with Crippen LogP contribution in [0.15, 0.2) is 16.5 Å². The number of phenols is 1. The fourth-order valence-electron chi connectivity index (χ4n) is 4.69. The number of pyridine rings is 1. The van der Waals surface area contributed by atoms with E-state index in [1.165, 1.54) is 0 Å². The molecule has 9 nitrogen and oxygen atoms in total. The zero-order chi connectivity index (χ0) is 22.2. The van der Waals surface area contributed by atoms with Gasteiger partial charge >= 0.3 is 0 Å². The third kappa shape index (κ3) is 3.71. The van der Waals surface area contributed by atoms with E-state index in [9.17, 15) is 10.2 Å². The molecule has 3 N–H and O–H groups in total. The Labute approximate surface area is 186 Å². The number of aromatic nitrogens is 2. The number of aliphatic hydroxyl groups excluding tert-OH is 1. The Morgan fingerprint density at radius 2 is 2.19 bits per heavy atom. The summed E-state index contributed by atoms with van der Waals surface area (Å²) >= 11 is 0. The van der Waals surface area contributed by atoms with Crippen molar-refractivity contribution in [2.24, 2.45) is 0 Å². The number of piperidine rings is 1. The number of ether oxygens (including phenoxy) is 2. The summed E-state index contributed by atoms with van der Waals surface area (Å²) < 4.78 is 17.1. The molecular weight excluding hydrogens is 412 g/mol. The van der Waals surface area contributed by atoms with Gasteiger partial charge in [0.25, 0.3) is 6.01 Å². The summed E-state index contributed by atoms with van der Waals surface area (Å²) in [6.45, 7) is 5.11. The third-order valence-corrected chi connectivity index (χ3v) is 6.22. The van der Waals surface area contributed by atoms with Gasteiger partial charge in [-0.2, -0.15) is 4.98 Å². The molecule has 0 amide bonds. The smallest absolute Gasteiger partial charge is 0.297 e. The second-order valence-electron chi connectivity index (χ2n) is 8.38.